The summed E-state index contributed by atoms with van der Waals surface area (Å²) in [6.45, 7) is 6.98. The highest BCUT2D eigenvalue weighted by Crippen LogP contribution is 2.25. The summed E-state index contributed by atoms with van der Waals surface area (Å²) >= 11 is 1.56. The molecule has 0 saturated carbocycles. The van der Waals surface area contributed by atoms with E-state index in [1.807, 2.05) is 17.5 Å². The number of unbranched alkanes of at least 4 members (excludes halogenated alkanes) is 1. The summed E-state index contributed by atoms with van der Waals surface area (Å²) in [7, 11) is -3.79. The van der Waals surface area contributed by atoms with Crippen LogP contribution in [-0.2, 0) is 29.7 Å². The van der Waals surface area contributed by atoms with Crippen molar-refractivity contribution < 1.29 is 12.8 Å². The Balaban J connectivity index is 1.62. The molecule has 3 aromatic heterocycles. The van der Waals surface area contributed by atoms with Gasteiger partial charge in [0.05, 0.1) is 33.9 Å². The molecule has 0 atom stereocenters. The number of hydrogen-bond acceptors (Lipinski definition) is 8. The zero-order chi connectivity index (χ0) is 23.4. The third-order valence-electron chi connectivity index (χ3n) is 5.33. The minimum Gasteiger partial charge on any atom is -0.419 e. The van der Waals surface area contributed by atoms with Crippen LogP contribution < -0.4 is 5.14 Å². The number of nitrogens with two attached hydrogens (primary N) is 1. The number of benzene rings is 1. The van der Waals surface area contributed by atoms with E-state index in [4.69, 9.17) is 14.5 Å². The molecule has 0 bridgehead atoms. The summed E-state index contributed by atoms with van der Waals surface area (Å²) in [5, 5.41) is 15.7. The molecule has 0 radical (unpaired) electrons. The lowest BCUT2D eigenvalue weighted by Gasteiger charge is -2.20. The molecule has 4 rings (SSSR count). The molecule has 0 aliphatic carbocycles. The highest BCUT2D eigenvalue weighted by molar-refractivity contribution is 7.89. The first-order valence-corrected chi connectivity index (χ1v) is 13.4. The summed E-state index contributed by atoms with van der Waals surface area (Å²) < 4.78 is 31.7. The van der Waals surface area contributed by atoms with E-state index >= 15 is 0 Å². The molecule has 0 fully saturated rings. The largest absolute Gasteiger partial charge is 0.419 e. The number of imidazole rings is 1. The number of primary sulfonamides is 1. The Morgan fingerprint density at radius 3 is 2.70 bits per heavy atom. The monoisotopic (exact) mass is 488 g/mol. The predicted molar refractivity (Wildman–Crippen MR) is 128 cm³/mol. The molecule has 2 N–H and O–H groups in total. The molecule has 0 aliphatic heterocycles. The van der Waals surface area contributed by atoms with Gasteiger partial charge >= 0.3 is 0 Å². The van der Waals surface area contributed by atoms with E-state index in [2.05, 4.69) is 33.5 Å². The minimum absolute atomic E-state index is 0.0686. The lowest BCUT2D eigenvalue weighted by Crippen LogP contribution is -2.26. The summed E-state index contributed by atoms with van der Waals surface area (Å²) in [6, 6.07) is 8.79. The number of rotatable bonds is 11. The number of sulfonamides is 1. The second-order valence-corrected chi connectivity index (χ2v) is 10.4. The van der Waals surface area contributed by atoms with E-state index < -0.39 is 10.0 Å². The second-order valence-electron chi connectivity index (χ2n) is 7.92. The molecule has 0 amide bonds. The molecule has 176 valence electrons. The maximum Gasteiger partial charge on any atom is 0.257 e. The number of aromatic nitrogens is 4. The van der Waals surface area contributed by atoms with Gasteiger partial charge in [0.25, 0.3) is 5.89 Å². The zero-order valence-corrected chi connectivity index (χ0v) is 20.4. The lowest BCUT2D eigenvalue weighted by molar-refractivity contribution is 0.224. The predicted octanol–water partition coefficient (Wildman–Crippen LogP) is 4.01. The van der Waals surface area contributed by atoms with Gasteiger partial charge in [0, 0.05) is 6.54 Å². The second kappa shape index (κ2) is 10.1. The normalized spacial score (nSPS) is 12.2. The van der Waals surface area contributed by atoms with E-state index in [1.54, 1.807) is 29.5 Å². The van der Waals surface area contributed by atoms with Crippen molar-refractivity contribution in [1.82, 2.24) is 24.6 Å². The summed E-state index contributed by atoms with van der Waals surface area (Å²) in [5.74, 6) is 1.96. The van der Waals surface area contributed by atoms with Gasteiger partial charge in [-0.1, -0.05) is 26.3 Å². The molecule has 9 nitrogen and oxygen atoms in total. The molecule has 0 spiro atoms. The maximum absolute atomic E-state index is 11.8. The Hall–Kier alpha value is -2.60. The summed E-state index contributed by atoms with van der Waals surface area (Å²) in [4.78, 5) is 8.02. The van der Waals surface area contributed by atoms with Crippen LogP contribution in [0.4, 0.5) is 0 Å². The first kappa shape index (κ1) is 23.6. The van der Waals surface area contributed by atoms with Crippen molar-refractivity contribution in [2.45, 2.75) is 57.6 Å². The van der Waals surface area contributed by atoms with Crippen LogP contribution in [-0.4, -0.2) is 39.6 Å². The van der Waals surface area contributed by atoms with Crippen molar-refractivity contribution in [3.63, 3.8) is 0 Å². The quantitative estimate of drug-likeness (QED) is 0.339. The molecule has 11 heteroatoms. The molecule has 3 heterocycles. The fourth-order valence-electron chi connectivity index (χ4n) is 3.76. The molecular weight excluding hydrogens is 460 g/mol. The van der Waals surface area contributed by atoms with E-state index in [1.165, 1.54) is 0 Å². The van der Waals surface area contributed by atoms with Crippen LogP contribution in [0.2, 0.25) is 0 Å². The molecule has 4 aromatic rings. The van der Waals surface area contributed by atoms with Gasteiger partial charge in [0.1, 0.15) is 5.82 Å². The Morgan fingerprint density at radius 1 is 1.15 bits per heavy atom. The SMILES string of the molecule is CCCCn1c(CN(CCC)Cc2nnc(-c3cccs3)o2)nc2cc(S(N)(=O)=O)ccc21. The van der Waals surface area contributed by atoms with E-state index in [0.29, 0.717) is 30.4 Å². The van der Waals surface area contributed by atoms with Gasteiger partial charge in [0.15, 0.2) is 0 Å². The van der Waals surface area contributed by atoms with Crippen LogP contribution in [0.3, 0.4) is 0 Å². The number of fused-ring (bicyclic) bond motifs is 1. The molecule has 0 unspecified atom stereocenters. The number of hydrogen-bond donors (Lipinski definition) is 1. The van der Waals surface area contributed by atoms with Crippen LogP contribution >= 0.6 is 11.3 Å². The Morgan fingerprint density at radius 2 is 2.00 bits per heavy atom. The number of nitrogens with zero attached hydrogens (tertiary/aromatic N) is 5. The molecule has 0 aliphatic rings. The summed E-state index contributed by atoms with van der Waals surface area (Å²) in [6.07, 6.45) is 2.99. The Bertz CT molecular complexity index is 1310. The third-order valence-corrected chi connectivity index (χ3v) is 7.09. The van der Waals surface area contributed by atoms with E-state index in [-0.39, 0.29) is 4.90 Å². The van der Waals surface area contributed by atoms with E-state index in [0.717, 1.165) is 48.6 Å². The number of thiophene rings is 1. The molecular formula is C22H28N6O3S2. The Labute approximate surface area is 197 Å². The number of aryl methyl sites for hydroxylation is 1. The summed E-state index contributed by atoms with van der Waals surface area (Å²) in [5.41, 5.74) is 1.53. The van der Waals surface area contributed by atoms with Crippen LogP contribution in [0, 0.1) is 0 Å². The lowest BCUT2D eigenvalue weighted by atomic mass is 10.3. The van der Waals surface area contributed by atoms with Crippen LogP contribution in [0.25, 0.3) is 21.8 Å². The Kier molecular flexibility index (Phi) is 7.23. The van der Waals surface area contributed by atoms with Crippen molar-refractivity contribution >= 4 is 32.4 Å². The van der Waals surface area contributed by atoms with Gasteiger partial charge < -0.3 is 8.98 Å². The van der Waals surface area contributed by atoms with Crippen LogP contribution in [0.1, 0.15) is 44.8 Å². The van der Waals surface area contributed by atoms with E-state index in [9.17, 15) is 8.42 Å². The highest BCUT2D eigenvalue weighted by Gasteiger charge is 2.19. The van der Waals surface area contributed by atoms with Crippen molar-refractivity contribution in [2.24, 2.45) is 5.14 Å². The fraction of sp³-hybridized carbons (Fsp3) is 0.409. The molecule has 33 heavy (non-hydrogen) atoms. The maximum atomic E-state index is 11.8. The standard InChI is InChI=1S/C22H28N6O3S2/c1-3-5-11-28-18-9-8-16(33(23,29)30)13-17(18)24-20(28)14-27(10-4-2)15-21-25-26-22(31-21)19-7-6-12-32-19/h6-9,12-13H,3-5,10-11,14-15H2,1-2H3,(H2,23,29,30). The highest BCUT2D eigenvalue weighted by atomic mass is 32.2. The third kappa shape index (κ3) is 5.49. The minimum atomic E-state index is -3.79. The first-order chi connectivity index (χ1) is 15.9. The van der Waals surface area contributed by atoms with Gasteiger partial charge in [-0.3, -0.25) is 4.90 Å². The van der Waals surface area contributed by atoms with Gasteiger partial charge in [0.2, 0.25) is 15.9 Å². The fourth-order valence-corrected chi connectivity index (χ4v) is 4.94. The van der Waals surface area contributed by atoms with Crippen molar-refractivity contribution in [1.29, 1.82) is 0 Å². The smallest absolute Gasteiger partial charge is 0.257 e. The van der Waals surface area contributed by atoms with Crippen LogP contribution in [0.15, 0.2) is 45.0 Å². The van der Waals surface area contributed by atoms with Gasteiger partial charge in [-0.2, -0.15) is 0 Å². The van der Waals surface area contributed by atoms with Crippen molar-refractivity contribution in [2.75, 3.05) is 6.54 Å². The average molecular weight is 489 g/mol. The zero-order valence-electron chi connectivity index (χ0n) is 18.8. The van der Waals surface area contributed by atoms with Gasteiger partial charge in [-0.05, 0) is 49.0 Å². The first-order valence-electron chi connectivity index (χ1n) is 11.0. The topological polar surface area (TPSA) is 120 Å². The average Bonchev–Trinajstić information content (AvgIpc) is 3.51. The van der Waals surface area contributed by atoms with Crippen LogP contribution in [0.5, 0.6) is 0 Å². The molecule has 1 aromatic carbocycles. The van der Waals surface area contributed by atoms with Crippen molar-refractivity contribution in [3.8, 4) is 10.8 Å². The molecule has 0 saturated heterocycles. The van der Waals surface area contributed by atoms with Gasteiger partial charge in [-0.25, -0.2) is 18.5 Å². The van der Waals surface area contributed by atoms with Gasteiger partial charge in [-0.15, -0.1) is 21.5 Å². The van der Waals surface area contributed by atoms with Crippen molar-refractivity contribution in [3.05, 3.63) is 47.4 Å².